The lowest BCUT2D eigenvalue weighted by atomic mass is 9.95. The number of carbonyl (C=O) groups is 2. The molecule has 0 saturated carbocycles. The molecule has 3 aromatic carbocycles. The summed E-state index contributed by atoms with van der Waals surface area (Å²) in [7, 11) is 4.63. The van der Waals surface area contributed by atoms with E-state index >= 15 is 0 Å². The van der Waals surface area contributed by atoms with Gasteiger partial charge in [0, 0.05) is 12.1 Å². The third-order valence-electron chi connectivity index (χ3n) is 6.21. The summed E-state index contributed by atoms with van der Waals surface area (Å²) in [6.45, 7) is 2.49. The molecule has 8 heteroatoms. The standard InChI is InChI=1S/C29H29NO7/c1-5-37-22-13-9-20(10-14-22)27(31)25-26(19-7-11-21(34-2)12-8-19)30(29(33)28(25)32)17-18-6-15-23(35-3)24(16-18)36-4/h6-16,26,31H,5,17H2,1-4H3/b27-25+. The minimum absolute atomic E-state index is 0.0137. The first-order valence-corrected chi connectivity index (χ1v) is 11.8. The van der Waals surface area contributed by atoms with Gasteiger partial charge >= 0.3 is 0 Å². The van der Waals surface area contributed by atoms with Crippen LogP contribution in [0.4, 0.5) is 0 Å². The highest BCUT2D eigenvalue weighted by atomic mass is 16.5. The molecule has 1 heterocycles. The Morgan fingerprint density at radius 1 is 0.838 bits per heavy atom. The molecule has 1 atom stereocenters. The number of benzene rings is 3. The molecule has 1 unspecified atom stereocenters. The van der Waals surface area contributed by atoms with E-state index in [1.165, 1.54) is 12.0 Å². The van der Waals surface area contributed by atoms with Gasteiger partial charge < -0.3 is 29.0 Å². The Morgan fingerprint density at radius 2 is 1.49 bits per heavy atom. The predicted molar refractivity (Wildman–Crippen MR) is 138 cm³/mol. The van der Waals surface area contributed by atoms with Crippen molar-refractivity contribution in [3.8, 4) is 23.0 Å². The highest BCUT2D eigenvalue weighted by Gasteiger charge is 2.46. The Balaban J connectivity index is 1.80. The number of ether oxygens (including phenoxy) is 4. The van der Waals surface area contributed by atoms with Crippen molar-refractivity contribution in [3.05, 3.63) is 89.0 Å². The summed E-state index contributed by atoms with van der Waals surface area (Å²) in [6.07, 6.45) is 0. The maximum absolute atomic E-state index is 13.3. The van der Waals surface area contributed by atoms with Crippen LogP contribution in [-0.4, -0.2) is 49.6 Å². The molecule has 37 heavy (non-hydrogen) atoms. The zero-order chi connectivity index (χ0) is 26.5. The third kappa shape index (κ3) is 5.09. The fourth-order valence-corrected chi connectivity index (χ4v) is 4.38. The number of likely N-dealkylation sites (tertiary alicyclic amines) is 1. The number of rotatable bonds is 9. The predicted octanol–water partition coefficient (Wildman–Crippen LogP) is 4.73. The lowest BCUT2D eigenvalue weighted by molar-refractivity contribution is -0.140. The van der Waals surface area contributed by atoms with Crippen LogP contribution in [-0.2, 0) is 16.1 Å². The quantitative estimate of drug-likeness (QED) is 0.256. The average molecular weight is 504 g/mol. The topological polar surface area (TPSA) is 94.5 Å². The van der Waals surface area contributed by atoms with Crippen molar-refractivity contribution >= 4 is 17.4 Å². The molecule has 0 aromatic heterocycles. The number of ketones is 1. The van der Waals surface area contributed by atoms with Gasteiger partial charge in [0.05, 0.1) is 39.6 Å². The first kappa shape index (κ1) is 25.6. The van der Waals surface area contributed by atoms with Gasteiger partial charge in [0.1, 0.15) is 17.3 Å². The van der Waals surface area contributed by atoms with E-state index in [0.717, 1.165) is 5.56 Å². The number of aliphatic hydroxyl groups is 1. The average Bonchev–Trinajstić information content (AvgIpc) is 3.18. The Labute approximate surface area is 215 Å². The molecule has 1 saturated heterocycles. The number of methoxy groups -OCH3 is 3. The summed E-state index contributed by atoms with van der Waals surface area (Å²) < 4.78 is 21.5. The van der Waals surface area contributed by atoms with Crippen LogP contribution in [0.1, 0.15) is 29.7 Å². The molecule has 0 spiro atoms. The van der Waals surface area contributed by atoms with Crippen LogP contribution in [0.3, 0.4) is 0 Å². The van der Waals surface area contributed by atoms with Crippen molar-refractivity contribution in [2.75, 3.05) is 27.9 Å². The highest BCUT2D eigenvalue weighted by Crippen LogP contribution is 2.41. The van der Waals surface area contributed by atoms with Gasteiger partial charge in [-0.05, 0) is 66.6 Å². The van der Waals surface area contributed by atoms with E-state index in [1.54, 1.807) is 80.9 Å². The van der Waals surface area contributed by atoms with E-state index in [4.69, 9.17) is 18.9 Å². The van der Waals surface area contributed by atoms with Gasteiger partial charge in [0.25, 0.3) is 11.7 Å². The Bertz CT molecular complexity index is 1310. The van der Waals surface area contributed by atoms with E-state index < -0.39 is 17.7 Å². The van der Waals surface area contributed by atoms with E-state index in [-0.39, 0.29) is 17.9 Å². The van der Waals surface area contributed by atoms with Gasteiger partial charge in [0.2, 0.25) is 0 Å². The number of nitrogens with zero attached hydrogens (tertiary/aromatic N) is 1. The lowest BCUT2D eigenvalue weighted by Gasteiger charge is -2.26. The Kier molecular flexibility index (Phi) is 7.67. The van der Waals surface area contributed by atoms with E-state index in [9.17, 15) is 14.7 Å². The molecule has 1 fully saturated rings. The fourth-order valence-electron chi connectivity index (χ4n) is 4.38. The van der Waals surface area contributed by atoms with Crippen molar-refractivity contribution in [1.82, 2.24) is 4.90 Å². The minimum Gasteiger partial charge on any atom is -0.507 e. The van der Waals surface area contributed by atoms with Gasteiger partial charge in [-0.1, -0.05) is 18.2 Å². The molecule has 3 aromatic rings. The van der Waals surface area contributed by atoms with E-state index in [0.29, 0.717) is 40.7 Å². The molecule has 8 nitrogen and oxygen atoms in total. The molecule has 4 rings (SSSR count). The van der Waals surface area contributed by atoms with Crippen molar-refractivity contribution in [2.24, 2.45) is 0 Å². The molecule has 192 valence electrons. The minimum atomic E-state index is -0.814. The third-order valence-corrected chi connectivity index (χ3v) is 6.21. The largest absolute Gasteiger partial charge is 0.507 e. The molecule has 1 aliphatic heterocycles. The Hall–Kier alpha value is -4.46. The molecule has 0 bridgehead atoms. The summed E-state index contributed by atoms with van der Waals surface area (Å²) in [4.78, 5) is 28.1. The molecular weight excluding hydrogens is 474 g/mol. The number of Topliss-reactive ketones (excluding diaryl/α,β-unsaturated/α-hetero) is 1. The highest BCUT2D eigenvalue weighted by molar-refractivity contribution is 6.46. The van der Waals surface area contributed by atoms with Gasteiger partial charge in [-0.2, -0.15) is 0 Å². The zero-order valence-electron chi connectivity index (χ0n) is 21.2. The second-order valence-electron chi connectivity index (χ2n) is 8.35. The van der Waals surface area contributed by atoms with Gasteiger partial charge in [-0.3, -0.25) is 9.59 Å². The van der Waals surface area contributed by atoms with Crippen molar-refractivity contribution in [3.63, 3.8) is 0 Å². The summed E-state index contributed by atoms with van der Waals surface area (Å²) in [5, 5.41) is 11.3. The van der Waals surface area contributed by atoms with Crippen LogP contribution in [0.5, 0.6) is 23.0 Å². The molecule has 1 amide bonds. The van der Waals surface area contributed by atoms with Crippen LogP contribution < -0.4 is 18.9 Å². The molecule has 1 N–H and O–H groups in total. The Morgan fingerprint density at radius 3 is 2.08 bits per heavy atom. The van der Waals surface area contributed by atoms with Crippen LogP contribution in [0, 0.1) is 0 Å². The maximum Gasteiger partial charge on any atom is 0.295 e. The lowest BCUT2D eigenvalue weighted by Crippen LogP contribution is -2.29. The summed E-state index contributed by atoms with van der Waals surface area (Å²) in [6, 6.07) is 18.3. The summed E-state index contributed by atoms with van der Waals surface area (Å²) in [5.41, 5.74) is 1.82. The first-order valence-electron chi connectivity index (χ1n) is 11.8. The van der Waals surface area contributed by atoms with E-state index in [1.807, 2.05) is 6.92 Å². The number of hydrogen-bond donors (Lipinski definition) is 1. The number of aliphatic hydroxyl groups excluding tert-OH is 1. The number of hydrogen-bond acceptors (Lipinski definition) is 7. The smallest absolute Gasteiger partial charge is 0.295 e. The number of amides is 1. The summed E-state index contributed by atoms with van der Waals surface area (Å²) >= 11 is 0. The second kappa shape index (κ2) is 11.1. The van der Waals surface area contributed by atoms with Gasteiger partial charge in [-0.25, -0.2) is 0 Å². The molecular formula is C29H29NO7. The van der Waals surface area contributed by atoms with Gasteiger partial charge in [-0.15, -0.1) is 0 Å². The molecule has 0 aliphatic carbocycles. The first-order chi connectivity index (χ1) is 17.9. The molecule has 0 radical (unpaired) electrons. The van der Waals surface area contributed by atoms with Crippen molar-refractivity contribution < 1.29 is 33.6 Å². The van der Waals surface area contributed by atoms with E-state index in [2.05, 4.69) is 0 Å². The maximum atomic E-state index is 13.3. The summed E-state index contributed by atoms with van der Waals surface area (Å²) in [5.74, 6) is 0.613. The fraction of sp³-hybridized carbons (Fsp3) is 0.241. The zero-order valence-corrected chi connectivity index (χ0v) is 21.2. The van der Waals surface area contributed by atoms with Gasteiger partial charge in [0.15, 0.2) is 11.5 Å². The SMILES string of the molecule is CCOc1ccc(/C(O)=C2\C(=O)C(=O)N(Cc3ccc(OC)c(OC)c3)C2c2ccc(OC)cc2)cc1. The van der Waals surface area contributed by atoms with Crippen molar-refractivity contribution in [1.29, 1.82) is 0 Å². The number of carbonyl (C=O) groups excluding carboxylic acids is 2. The molecule has 1 aliphatic rings. The van der Waals surface area contributed by atoms with Crippen LogP contribution in [0.2, 0.25) is 0 Å². The van der Waals surface area contributed by atoms with Crippen LogP contribution in [0.25, 0.3) is 5.76 Å². The van der Waals surface area contributed by atoms with Crippen molar-refractivity contribution in [2.45, 2.75) is 19.5 Å². The normalized spacial score (nSPS) is 16.5. The second-order valence-corrected chi connectivity index (χ2v) is 8.35. The van der Waals surface area contributed by atoms with Crippen LogP contribution in [0.15, 0.2) is 72.3 Å². The monoisotopic (exact) mass is 503 g/mol. The van der Waals surface area contributed by atoms with Crippen LogP contribution >= 0.6 is 0 Å².